The molecule has 1 aromatic rings. The van der Waals surface area contributed by atoms with Crippen LogP contribution in [0.15, 0.2) is 0 Å². The van der Waals surface area contributed by atoms with Crippen molar-refractivity contribution >= 4 is 22.4 Å². The minimum Gasteiger partial charge on any atom is -0.481 e. The molecule has 1 N–H and O–H groups in total. The van der Waals surface area contributed by atoms with Gasteiger partial charge in [0.2, 0.25) is 0 Å². The molecule has 1 aliphatic carbocycles. The Bertz CT molecular complexity index is 504. The molecule has 20 heavy (non-hydrogen) atoms. The summed E-state index contributed by atoms with van der Waals surface area (Å²) >= 11 is 1.66. The Morgan fingerprint density at radius 2 is 2.15 bits per heavy atom. The van der Waals surface area contributed by atoms with Crippen LogP contribution in [-0.2, 0) is 11.2 Å². The molecule has 2 unspecified atom stereocenters. The smallest absolute Gasteiger partial charge is 0.312 e. The van der Waals surface area contributed by atoms with Gasteiger partial charge in [0.15, 0.2) is 5.13 Å². The summed E-state index contributed by atoms with van der Waals surface area (Å²) in [6.45, 7) is 8.82. The summed E-state index contributed by atoms with van der Waals surface area (Å²) in [6, 6.07) is 0.346. The number of carboxylic acid groups (broad SMARTS) is 1. The van der Waals surface area contributed by atoms with Crippen LogP contribution in [0.5, 0.6) is 0 Å². The van der Waals surface area contributed by atoms with Gasteiger partial charge < -0.3 is 10.0 Å². The Hall–Kier alpha value is -1.10. The van der Waals surface area contributed by atoms with Crippen molar-refractivity contribution in [1.82, 2.24) is 4.98 Å². The minimum atomic E-state index is -0.741. The molecule has 4 nitrogen and oxygen atoms in total. The van der Waals surface area contributed by atoms with E-state index < -0.39 is 11.9 Å². The van der Waals surface area contributed by atoms with Gasteiger partial charge in [0, 0.05) is 18.0 Å². The number of nitrogens with zero attached hydrogens (tertiary/aromatic N) is 2. The van der Waals surface area contributed by atoms with Gasteiger partial charge in [-0.05, 0) is 31.6 Å². The Kier molecular flexibility index (Phi) is 4.09. The zero-order valence-corrected chi connectivity index (χ0v) is 13.8. The third-order valence-electron chi connectivity index (χ3n) is 4.38. The molecule has 0 bridgehead atoms. The van der Waals surface area contributed by atoms with Crippen molar-refractivity contribution in [2.75, 3.05) is 11.9 Å². The second-order valence-electron chi connectivity index (χ2n) is 6.74. The predicted molar refractivity (Wildman–Crippen MR) is 82.7 cm³/mol. The fourth-order valence-corrected chi connectivity index (χ4v) is 3.75. The Labute approximate surface area is 124 Å². The molecule has 0 spiro atoms. The maximum absolute atomic E-state index is 11.3. The molecule has 1 aromatic heterocycles. The van der Waals surface area contributed by atoms with Crippen LogP contribution in [0.1, 0.15) is 57.0 Å². The number of hydrogen-bond donors (Lipinski definition) is 1. The third kappa shape index (κ3) is 2.82. The number of thiazole rings is 1. The molecule has 5 heteroatoms. The summed E-state index contributed by atoms with van der Waals surface area (Å²) in [5.41, 5.74) is 0.962. The normalized spacial score (nSPS) is 20.4. The maximum Gasteiger partial charge on any atom is 0.312 e. The Morgan fingerprint density at radius 1 is 1.50 bits per heavy atom. The van der Waals surface area contributed by atoms with Crippen LogP contribution in [0.4, 0.5) is 5.13 Å². The zero-order chi connectivity index (χ0) is 15.1. The second kappa shape index (κ2) is 5.35. The Morgan fingerprint density at radius 3 is 2.70 bits per heavy atom. The summed E-state index contributed by atoms with van der Waals surface area (Å²) in [4.78, 5) is 19.3. The van der Waals surface area contributed by atoms with E-state index in [-0.39, 0.29) is 5.41 Å². The van der Waals surface area contributed by atoms with Gasteiger partial charge in [-0.15, -0.1) is 11.3 Å². The number of rotatable bonds is 3. The number of carboxylic acids is 1. The van der Waals surface area contributed by atoms with E-state index >= 15 is 0 Å². The topological polar surface area (TPSA) is 53.4 Å². The summed E-state index contributed by atoms with van der Waals surface area (Å²) in [5.74, 6) is -1.16. The summed E-state index contributed by atoms with van der Waals surface area (Å²) in [5, 5.41) is 10.3. The van der Waals surface area contributed by atoms with Crippen LogP contribution in [-0.4, -0.2) is 29.1 Å². The average Bonchev–Trinajstić information content (AvgIpc) is 2.78. The fraction of sp³-hybridized carbons (Fsp3) is 0.733. The first-order chi connectivity index (χ1) is 9.21. The molecule has 112 valence electrons. The number of aromatic nitrogens is 1. The summed E-state index contributed by atoms with van der Waals surface area (Å²) in [7, 11) is 2.05. The van der Waals surface area contributed by atoms with Crippen LogP contribution in [0.3, 0.4) is 0 Å². The van der Waals surface area contributed by atoms with E-state index in [2.05, 4.69) is 44.6 Å². The van der Waals surface area contributed by atoms with Crippen LogP contribution in [0, 0.1) is 5.41 Å². The van der Waals surface area contributed by atoms with E-state index in [4.69, 9.17) is 0 Å². The van der Waals surface area contributed by atoms with Crippen molar-refractivity contribution in [3.05, 3.63) is 10.6 Å². The van der Waals surface area contributed by atoms with Gasteiger partial charge >= 0.3 is 5.97 Å². The van der Waals surface area contributed by atoms with E-state index in [0.717, 1.165) is 28.5 Å². The first-order valence-corrected chi connectivity index (χ1v) is 7.98. The van der Waals surface area contributed by atoms with Crippen LogP contribution in [0.25, 0.3) is 0 Å². The first-order valence-electron chi connectivity index (χ1n) is 7.17. The van der Waals surface area contributed by atoms with E-state index in [1.165, 1.54) is 0 Å². The summed E-state index contributed by atoms with van der Waals surface area (Å²) in [6.07, 6.45) is 2.63. The maximum atomic E-state index is 11.3. The van der Waals surface area contributed by atoms with Crippen molar-refractivity contribution in [3.63, 3.8) is 0 Å². The highest BCUT2D eigenvalue weighted by Crippen LogP contribution is 2.39. The van der Waals surface area contributed by atoms with E-state index in [1.54, 1.807) is 11.3 Å². The van der Waals surface area contributed by atoms with E-state index in [1.807, 2.05) is 0 Å². The highest BCUT2D eigenvalue weighted by molar-refractivity contribution is 7.15. The van der Waals surface area contributed by atoms with Gasteiger partial charge in [-0.2, -0.15) is 0 Å². The van der Waals surface area contributed by atoms with Gasteiger partial charge in [0.1, 0.15) is 5.92 Å². The van der Waals surface area contributed by atoms with Crippen LogP contribution >= 0.6 is 11.3 Å². The van der Waals surface area contributed by atoms with Crippen LogP contribution in [0.2, 0.25) is 0 Å². The minimum absolute atomic E-state index is 0.160. The van der Waals surface area contributed by atoms with Gasteiger partial charge in [-0.1, -0.05) is 20.8 Å². The van der Waals surface area contributed by atoms with Gasteiger partial charge in [-0.25, -0.2) is 4.98 Å². The lowest BCUT2D eigenvalue weighted by molar-refractivity contribution is -0.139. The Balaban J connectivity index is 2.30. The molecule has 0 saturated heterocycles. The fourth-order valence-electron chi connectivity index (χ4n) is 2.54. The molecule has 0 radical (unpaired) electrons. The molecular weight excluding hydrogens is 272 g/mol. The van der Waals surface area contributed by atoms with E-state index in [0.29, 0.717) is 12.5 Å². The molecular formula is C15H24N2O2S. The molecule has 0 amide bonds. The van der Waals surface area contributed by atoms with Gasteiger partial charge in [-0.3, -0.25) is 4.79 Å². The SMILES string of the molecule is CC(N(C)c1nc2c(s1)CCCC2C(=O)O)C(C)(C)C. The number of aliphatic carboxylic acids is 1. The van der Waals surface area contributed by atoms with Crippen LogP contribution < -0.4 is 4.90 Å². The van der Waals surface area contributed by atoms with Crippen molar-refractivity contribution in [3.8, 4) is 0 Å². The predicted octanol–water partition coefficient (Wildman–Crippen LogP) is 3.52. The molecule has 0 fully saturated rings. The molecule has 2 atom stereocenters. The second-order valence-corrected chi connectivity index (χ2v) is 7.80. The number of aryl methyl sites for hydroxylation is 1. The average molecular weight is 296 g/mol. The van der Waals surface area contributed by atoms with Crippen molar-refractivity contribution in [2.45, 2.75) is 58.9 Å². The quantitative estimate of drug-likeness (QED) is 0.927. The number of fused-ring (bicyclic) bond motifs is 1. The lowest BCUT2D eigenvalue weighted by Crippen LogP contribution is -2.39. The third-order valence-corrected chi connectivity index (χ3v) is 5.60. The number of anilines is 1. The first kappa shape index (κ1) is 15.3. The molecule has 0 aliphatic heterocycles. The molecule has 1 aliphatic rings. The van der Waals surface area contributed by atoms with Crippen molar-refractivity contribution in [1.29, 1.82) is 0 Å². The van der Waals surface area contributed by atoms with Gasteiger partial charge in [0.25, 0.3) is 0 Å². The van der Waals surface area contributed by atoms with Crippen molar-refractivity contribution < 1.29 is 9.90 Å². The molecule has 1 heterocycles. The standard InChI is InChI=1S/C15H24N2O2S/c1-9(15(2,3)4)17(5)14-16-12-10(13(18)19)7-6-8-11(12)20-14/h9-10H,6-8H2,1-5H3,(H,18,19). The molecule has 0 saturated carbocycles. The zero-order valence-electron chi connectivity index (χ0n) is 12.9. The van der Waals surface area contributed by atoms with Crippen molar-refractivity contribution in [2.24, 2.45) is 5.41 Å². The lowest BCUT2D eigenvalue weighted by Gasteiger charge is -2.35. The van der Waals surface area contributed by atoms with Gasteiger partial charge in [0.05, 0.1) is 5.69 Å². The molecule has 2 rings (SSSR count). The summed E-state index contributed by atoms with van der Waals surface area (Å²) < 4.78 is 0. The number of hydrogen-bond acceptors (Lipinski definition) is 4. The van der Waals surface area contributed by atoms with E-state index in [9.17, 15) is 9.90 Å². The highest BCUT2D eigenvalue weighted by Gasteiger charge is 2.32. The lowest BCUT2D eigenvalue weighted by atomic mass is 9.87. The number of carbonyl (C=O) groups is 1. The monoisotopic (exact) mass is 296 g/mol. The highest BCUT2D eigenvalue weighted by atomic mass is 32.1. The largest absolute Gasteiger partial charge is 0.481 e. The molecule has 0 aromatic carbocycles.